The van der Waals surface area contributed by atoms with E-state index < -0.39 is 0 Å². The molecule has 0 saturated carbocycles. The minimum Gasteiger partial charge on any atom is -0.507 e. The SMILES string of the molecule is CC(C)c1cccc(Cc2ccccc2N)c1O. The van der Waals surface area contributed by atoms with Crippen molar-refractivity contribution >= 4 is 5.69 Å². The second-order valence-corrected chi connectivity index (χ2v) is 4.89. The van der Waals surface area contributed by atoms with Crippen LogP contribution in [0.2, 0.25) is 0 Å². The van der Waals surface area contributed by atoms with Crippen molar-refractivity contribution in [3.05, 3.63) is 59.2 Å². The lowest BCUT2D eigenvalue weighted by molar-refractivity contribution is 0.459. The zero-order chi connectivity index (χ0) is 13.1. The Morgan fingerprint density at radius 1 is 1.00 bits per heavy atom. The minimum atomic E-state index is 0.318. The van der Waals surface area contributed by atoms with Gasteiger partial charge in [0.15, 0.2) is 0 Å². The molecule has 0 bridgehead atoms. The molecule has 18 heavy (non-hydrogen) atoms. The fourth-order valence-electron chi connectivity index (χ4n) is 2.12. The average Bonchev–Trinajstić information content (AvgIpc) is 2.34. The molecule has 2 aromatic rings. The summed E-state index contributed by atoms with van der Waals surface area (Å²) in [7, 11) is 0. The quantitative estimate of drug-likeness (QED) is 0.805. The summed E-state index contributed by atoms with van der Waals surface area (Å²) < 4.78 is 0. The van der Waals surface area contributed by atoms with Crippen LogP contribution in [0.3, 0.4) is 0 Å². The summed E-state index contributed by atoms with van der Waals surface area (Å²) in [6.45, 7) is 4.16. The number of hydrogen-bond donors (Lipinski definition) is 2. The van der Waals surface area contributed by atoms with Crippen molar-refractivity contribution in [3.8, 4) is 5.75 Å². The van der Waals surface area contributed by atoms with Crippen LogP contribution >= 0.6 is 0 Å². The highest BCUT2D eigenvalue weighted by atomic mass is 16.3. The van der Waals surface area contributed by atoms with E-state index in [9.17, 15) is 5.11 Å². The number of aromatic hydroxyl groups is 1. The standard InChI is InChI=1S/C16H19NO/c1-11(2)14-8-5-7-13(16(14)18)10-12-6-3-4-9-15(12)17/h3-9,11,18H,10,17H2,1-2H3. The minimum absolute atomic E-state index is 0.318. The normalized spacial score (nSPS) is 10.8. The zero-order valence-electron chi connectivity index (χ0n) is 10.9. The predicted octanol–water partition coefficient (Wildman–Crippen LogP) is 3.69. The van der Waals surface area contributed by atoms with Crippen molar-refractivity contribution < 1.29 is 5.11 Å². The fourth-order valence-corrected chi connectivity index (χ4v) is 2.12. The molecule has 0 spiro atoms. The van der Waals surface area contributed by atoms with E-state index in [1.165, 1.54) is 0 Å². The zero-order valence-corrected chi connectivity index (χ0v) is 10.9. The third kappa shape index (κ3) is 2.48. The number of anilines is 1. The number of benzene rings is 2. The first-order valence-electron chi connectivity index (χ1n) is 6.23. The fraction of sp³-hybridized carbons (Fsp3) is 0.250. The second-order valence-electron chi connectivity index (χ2n) is 4.89. The molecule has 2 aromatic carbocycles. The van der Waals surface area contributed by atoms with Crippen molar-refractivity contribution in [1.29, 1.82) is 0 Å². The van der Waals surface area contributed by atoms with Gasteiger partial charge in [0, 0.05) is 12.1 Å². The number of phenolic OH excluding ortho intramolecular Hbond substituents is 1. The summed E-state index contributed by atoms with van der Waals surface area (Å²) in [6, 6.07) is 13.7. The van der Waals surface area contributed by atoms with Gasteiger partial charge in [0.05, 0.1) is 0 Å². The van der Waals surface area contributed by atoms with Crippen LogP contribution in [0.4, 0.5) is 5.69 Å². The van der Waals surface area contributed by atoms with Crippen molar-refractivity contribution in [3.63, 3.8) is 0 Å². The van der Waals surface area contributed by atoms with E-state index in [1.54, 1.807) is 0 Å². The molecule has 0 aliphatic rings. The van der Waals surface area contributed by atoms with Crippen LogP contribution in [0.25, 0.3) is 0 Å². The Morgan fingerprint density at radius 3 is 2.33 bits per heavy atom. The summed E-state index contributed by atoms with van der Waals surface area (Å²) in [4.78, 5) is 0. The van der Waals surface area contributed by atoms with E-state index in [1.807, 2.05) is 42.5 Å². The van der Waals surface area contributed by atoms with Gasteiger partial charge in [-0.15, -0.1) is 0 Å². The highest BCUT2D eigenvalue weighted by Crippen LogP contribution is 2.31. The molecule has 0 atom stereocenters. The van der Waals surface area contributed by atoms with E-state index >= 15 is 0 Å². The summed E-state index contributed by atoms with van der Waals surface area (Å²) in [5.41, 5.74) is 9.67. The lowest BCUT2D eigenvalue weighted by Crippen LogP contribution is -1.97. The molecule has 0 amide bonds. The van der Waals surface area contributed by atoms with E-state index in [-0.39, 0.29) is 0 Å². The van der Waals surface area contributed by atoms with Crippen molar-refractivity contribution in [2.45, 2.75) is 26.2 Å². The largest absolute Gasteiger partial charge is 0.507 e. The van der Waals surface area contributed by atoms with Crippen LogP contribution in [0.5, 0.6) is 5.75 Å². The summed E-state index contributed by atoms with van der Waals surface area (Å²) in [5.74, 6) is 0.717. The first-order valence-corrected chi connectivity index (χ1v) is 6.23. The number of rotatable bonds is 3. The monoisotopic (exact) mass is 241 g/mol. The van der Waals surface area contributed by atoms with Crippen molar-refractivity contribution in [2.24, 2.45) is 0 Å². The summed E-state index contributed by atoms with van der Waals surface area (Å²) in [6.07, 6.45) is 0.666. The Hall–Kier alpha value is -1.96. The van der Waals surface area contributed by atoms with Gasteiger partial charge in [-0.1, -0.05) is 50.2 Å². The molecule has 94 valence electrons. The van der Waals surface area contributed by atoms with Crippen molar-refractivity contribution in [2.75, 3.05) is 5.73 Å². The van der Waals surface area contributed by atoms with Crippen LogP contribution in [0.1, 0.15) is 36.5 Å². The Balaban J connectivity index is 2.36. The molecule has 0 unspecified atom stereocenters. The van der Waals surface area contributed by atoms with Gasteiger partial charge in [0.25, 0.3) is 0 Å². The van der Waals surface area contributed by atoms with Crippen LogP contribution < -0.4 is 5.73 Å². The van der Waals surface area contributed by atoms with Crippen LogP contribution in [-0.2, 0) is 6.42 Å². The smallest absolute Gasteiger partial charge is 0.122 e. The average molecular weight is 241 g/mol. The maximum Gasteiger partial charge on any atom is 0.122 e. The van der Waals surface area contributed by atoms with E-state index in [2.05, 4.69) is 13.8 Å². The number of para-hydroxylation sites is 2. The molecule has 2 rings (SSSR count). The number of nitrogens with two attached hydrogens (primary N) is 1. The molecule has 0 aliphatic heterocycles. The van der Waals surface area contributed by atoms with Gasteiger partial charge in [-0.25, -0.2) is 0 Å². The van der Waals surface area contributed by atoms with E-state index in [0.29, 0.717) is 18.1 Å². The van der Waals surface area contributed by atoms with Gasteiger partial charge in [0.1, 0.15) is 5.75 Å². The third-order valence-electron chi connectivity index (χ3n) is 3.21. The molecule has 0 heterocycles. The van der Waals surface area contributed by atoms with E-state index in [4.69, 9.17) is 5.73 Å². The molecule has 0 aromatic heterocycles. The van der Waals surface area contributed by atoms with Gasteiger partial charge < -0.3 is 10.8 Å². The van der Waals surface area contributed by atoms with Crippen LogP contribution in [0, 0.1) is 0 Å². The predicted molar refractivity (Wildman–Crippen MR) is 75.9 cm³/mol. The summed E-state index contributed by atoms with van der Waals surface area (Å²) in [5, 5.41) is 10.3. The lowest BCUT2D eigenvalue weighted by atomic mass is 9.95. The second kappa shape index (κ2) is 5.13. The molecule has 3 N–H and O–H groups in total. The lowest BCUT2D eigenvalue weighted by Gasteiger charge is -2.13. The van der Waals surface area contributed by atoms with Gasteiger partial charge in [-0.2, -0.15) is 0 Å². The molecular weight excluding hydrogens is 222 g/mol. The molecule has 0 radical (unpaired) electrons. The first kappa shape index (κ1) is 12.5. The molecule has 0 aliphatic carbocycles. The van der Waals surface area contributed by atoms with Gasteiger partial charge >= 0.3 is 0 Å². The maximum absolute atomic E-state index is 10.3. The Morgan fingerprint density at radius 2 is 1.67 bits per heavy atom. The Bertz CT molecular complexity index is 547. The van der Waals surface area contributed by atoms with E-state index in [0.717, 1.165) is 22.4 Å². The number of nitrogen functional groups attached to an aromatic ring is 1. The highest BCUT2D eigenvalue weighted by molar-refractivity contribution is 5.51. The molecule has 0 saturated heterocycles. The van der Waals surface area contributed by atoms with Gasteiger partial charge in [-0.05, 0) is 28.7 Å². The molecule has 2 heteroatoms. The van der Waals surface area contributed by atoms with Crippen molar-refractivity contribution in [1.82, 2.24) is 0 Å². The number of phenols is 1. The molecule has 2 nitrogen and oxygen atoms in total. The maximum atomic E-state index is 10.3. The third-order valence-corrected chi connectivity index (χ3v) is 3.21. The van der Waals surface area contributed by atoms with Gasteiger partial charge in [0.2, 0.25) is 0 Å². The first-order chi connectivity index (χ1) is 8.59. The van der Waals surface area contributed by atoms with Crippen LogP contribution in [-0.4, -0.2) is 5.11 Å². The number of hydrogen-bond acceptors (Lipinski definition) is 2. The highest BCUT2D eigenvalue weighted by Gasteiger charge is 2.11. The van der Waals surface area contributed by atoms with Gasteiger partial charge in [-0.3, -0.25) is 0 Å². The summed E-state index contributed by atoms with van der Waals surface area (Å²) >= 11 is 0. The Labute approximate surface area is 108 Å². The molecular formula is C16H19NO. The Kier molecular flexibility index (Phi) is 3.56. The molecule has 0 fully saturated rings. The van der Waals surface area contributed by atoms with Crippen LogP contribution in [0.15, 0.2) is 42.5 Å². The topological polar surface area (TPSA) is 46.2 Å².